The summed E-state index contributed by atoms with van der Waals surface area (Å²) in [6, 6.07) is 0. The summed E-state index contributed by atoms with van der Waals surface area (Å²) in [4.78, 5) is 25.6. The second kappa shape index (κ2) is 8.20. The summed E-state index contributed by atoms with van der Waals surface area (Å²) in [6.45, 7) is 11.5. The van der Waals surface area contributed by atoms with Crippen molar-refractivity contribution in [2.24, 2.45) is 46.8 Å². The van der Waals surface area contributed by atoms with Crippen molar-refractivity contribution in [2.45, 2.75) is 78.7 Å². The molecule has 0 spiro atoms. The van der Waals surface area contributed by atoms with Gasteiger partial charge in [-0.15, -0.1) is 0 Å². The molecule has 0 radical (unpaired) electrons. The van der Waals surface area contributed by atoms with Crippen LogP contribution < -0.4 is 0 Å². The lowest BCUT2D eigenvalue weighted by molar-refractivity contribution is -0.163. The van der Waals surface area contributed by atoms with Gasteiger partial charge in [0.1, 0.15) is 6.10 Å². The summed E-state index contributed by atoms with van der Waals surface area (Å²) < 4.78 is 16.5. The van der Waals surface area contributed by atoms with E-state index in [1.165, 1.54) is 25.7 Å². The van der Waals surface area contributed by atoms with Crippen LogP contribution in [0, 0.1) is 46.8 Å². The average molecular weight is 419 g/mol. The van der Waals surface area contributed by atoms with Crippen molar-refractivity contribution in [2.75, 3.05) is 6.61 Å². The van der Waals surface area contributed by atoms with Crippen LogP contribution in [0.4, 0.5) is 0 Å². The molecule has 30 heavy (non-hydrogen) atoms. The molecule has 0 aromatic carbocycles. The molecule has 4 aliphatic rings. The second-order valence-corrected chi connectivity index (χ2v) is 10.6. The third kappa shape index (κ3) is 3.67. The molecular weight excluding hydrogens is 380 g/mol. The predicted octanol–water partition coefficient (Wildman–Crippen LogP) is 5.09. The molecule has 4 aliphatic carbocycles. The van der Waals surface area contributed by atoms with Crippen LogP contribution >= 0.6 is 0 Å². The summed E-state index contributed by atoms with van der Waals surface area (Å²) in [6.07, 6.45) is 7.60. The molecule has 0 N–H and O–H groups in total. The largest absolute Gasteiger partial charge is 0.466 e. The molecule has 168 valence electrons. The van der Waals surface area contributed by atoms with Crippen molar-refractivity contribution >= 4 is 11.9 Å². The first-order valence-electron chi connectivity index (χ1n) is 12.0. The Morgan fingerprint density at radius 1 is 1.07 bits per heavy atom. The van der Waals surface area contributed by atoms with Gasteiger partial charge in [-0.2, -0.15) is 0 Å². The van der Waals surface area contributed by atoms with E-state index in [1.807, 2.05) is 27.7 Å². The Morgan fingerprint density at radius 3 is 2.43 bits per heavy atom. The molecule has 0 saturated heterocycles. The van der Waals surface area contributed by atoms with Gasteiger partial charge in [0.2, 0.25) is 0 Å². The number of esters is 2. The molecule has 4 rings (SSSR count). The van der Waals surface area contributed by atoms with Crippen LogP contribution in [0.2, 0.25) is 0 Å². The third-order valence-electron chi connectivity index (χ3n) is 8.88. The molecule has 4 fully saturated rings. The quantitative estimate of drug-likeness (QED) is 0.296. The van der Waals surface area contributed by atoms with Crippen LogP contribution in [0.1, 0.15) is 72.6 Å². The van der Waals surface area contributed by atoms with E-state index in [9.17, 15) is 9.59 Å². The third-order valence-corrected chi connectivity index (χ3v) is 8.88. The minimum atomic E-state index is -0.775. The van der Waals surface area contributed by atoms with E-state index in [4.69, 9.17) is 14.2 Å². The summed E-state index contributed by atoms with van der Waals surface area (Å²) in [5.74, 6) is 3.99. The van der Waals surface area contributed by atoms with Gasteiger partial charge < -0.3 is 14.2 Å². The Balaban J connectivity index is 1.32. The van der Waals surface area contributed by atoms with Crippen molar-refractivity contribution in [1.82, 2.24) is 0 Å². The van der Waals surface area contributed by atoms with E-state index >= 15 is 0 Å². The molecule has 0 amide bonds. The molecule has 0 aliphatic heterocycles. The van der Waals surface area contributed by atoms with Crippen LogP contribution in [-0.2, 0) is 23.8 Å². The Morgan fingerprint density at radius 2 is 1.77 bits per heavy atom. The van der Waals surface area contributed by atoms with E-state index in [-0.39, 0.29) is 23.9 Å². The van der Waals surface area contributed by atoms with E-state index in [0.29, 0.717) is 25.4 Å². The maximum absolute atomic E-state index is 13.0. The lowest BCUT2D eigenvalue weighted by Gasteiger charge is -2.38. The lowest BCUT2D eigenvalue weighted by atomic mass is 9.70. The van der Waals surface area contributed by atoms with Gasteiger partial charge in [-0.25, -0.2) is 0 Å². The molecule has 0 aromatic heterocycles. The predicted molar refractivity (Wildman–Crippen MR) is 113 cm³/mol. The first-order chi connectivity index (χ1) is 14.3. The molecule has 4 saturated carbocycles. The van der Waals surface area contributed by atoms with Crippen molar-refractivity contribution < 1.29 is 23.8 Å². The number of hydrogen-bond donors (Lipinski definition) is 0. The van der Waals surface area contributed by atoms with Crippen LogP contribution in [0.15, 0.2) is 12.5 Å². The van der Waals surface area contributed by atoms with Crippen molar-refractivity contribution in [1.29, 1.82) is 0 Å². The highest BCUT2D eigenvalue weighted by Gasteiger charge is 2.63. The fraction of sp³-hybridized carbons (Fsp3) is 0.840. The van der Waals surface area contributed by atoms with Crippen LogP contribution in [-0.4, -0.2) is 24.6 Å². The zero-order chi connectivity index (χ0) is 21.6. The minimum Gasteiger partial charge on any atom is -0.466 e. The summed E-state index contributed by atoms with van der Waals surface area (Å²) in [5.41, 5.74) is -0.775. The smallest absolute Gasteiger partial charge is 0.319 e. The lowest BCUT2D eigenvalue weighted by Crippen LogP contribution is -2.39. The van der Waals surface area contributed by atoms with Gasteiger partial charge in [-0.3, -0.25) is 9.59 Å². The zero-order valence-electron chi connectivity index (χ0n) is 19.0. The highest BCUT2D eigenvalue weighted by Crippen LogP contribution is 2.67. The number of fused-ring (bicyclic) bond motifs is 9. The second-order valence-electron chi connectivity index (χ2n) is 10.6. The van der Waals surface area contributed by atoms with Crippen LogP contribution in [0.5, 0.6) is 0 Å². The maximum Gasteiger partial charge on any atom is 0.319 e. The Hall–Kier alpha value is -1.52. The van der Waals surface area contributed by atoms with Gasteiger partial charge in [0.25, 0.3) is 5.95 Å². The Bertz CT molecular complexity index is 702. The number of hydrogen-bond acceptors (Lipinski definition) is 5. The standard InChI is InChI=1S/C25H38O5/c1-6-25(5,24(27)29-15(4)28-7-2)13-14(3)23(26)30-20-12-18-11-19(20)22-17-9-8-16(10-17)21(18)22/h14,16-22H,4,6-13H2,1-3,5H3. The molecule has 5 nitrogen and oxygen atoms in total. The number of ether oxygens (including phenoxy) is 3. The Labute approximate surface area is 180 Å². The van der Waals surface area contributed by atoms with Crippen molar-refractivity contribution in [3.8, 4) is 0 Å². The number of carbonyl (C=O) groups is 2. The van der Waals surface area contributed by atoms with Crippen molar-refractivity contribution in [3.05, 3.63) is 12.5 Å². The summed E-state index contributed by atoms with van der Waals surface area (Å²) in [7, 11) is 0. The van der Waals surface area contributed by atoms with E-state index in [1.54, 1.807) is 0 Å². The zero-order valence-corrected chi connectivity index (χ0v) is 19.0. The van der Waals surface area contributed by atoms with Gasteiger partial charge in [0.15, 0.2) is 0 Å². The normalized spacial score (nSPS) is 38.6. The van der Waals surface area contributed by atoms with Crippen LogP contribution in [0.3, 0.4) is 0 Å². The molecule has 4 bridgehead atoms. The average Bonchev–Trinajstić information content (AvgIpc) is 3.47. The van der Waals surface area contributed by atoms with Crippen molar-refractivity contribution in [3.63, 3.8) is 0 Å². The summed E-state index contributed by atoms with van der Waals surface area (Å²) >= 11 is 0. The fourth-order valence-electron chi connectivity index (χ4n) is 7.45. The van der Waals surface area contributed by atoms with Gasteiger partial charge in [0, 0.05) is 0 Å². The number of rotatable bonds is 9. The molecule has 0 aromatic rings. The van der Waals surface area contributed by atoms with Gasteiger partial charge in [-0.1, -0.05) is 13.8 Å². The monoisotopic (exact) mass is 418 g/mol. The van der Waals surface area contributed by atoms with Gasteiger partial charge in [-0.05, 0) is 101 Å². The highest BCUT2D eigenvalue weighted by molar-refractivity contribution is 5.79. The topological polar surface area (TPSA) is 61.8 Å². The fourth-order valence-corrected chi connectivity index (χ4v) is 7.45. The van der Waals surface area contributed by atoms with E-state index in [2.05, 4.69) is 6.58 Å². The molecular formula is C25H38O5. The van der Waals surface area contributed by atoms with E-state index in [0.717, 1.165) is 36.0 Å². The highest BCUT2D eigenvalue weighted by atomic mass is 16.7. The molecule has 9 atom stereocenters. The maximum atomic E-state index is 13.0. The molecule has 5 heteroatoms. The molecule has 9 unspecified atom stereocenters. The first-order valence-corrected chi connectivity index (χ1v) is 12.0. The first kappa shape index (κ1) is 21.7. The van der Waals surface area contributed by atoms with Gasteiger partial charge in [0.05, 0.1) is 17.9 Å². The van der Waals surface area contributed by atoms with E-state index < -0.39 is 11.4 Å². The summed E-state index contributed by atoms with van der Waals surface area (Å²) in [5, 5.41) is 0. The van der Waals surface area contributed by atoms with Gasteiger partial charge >= 0.3 is 11.9 Å². The number of carbonyl (C=O) groups excluding carboxylic acids is 2. The minimum absolute atomic E-state index is 0.0137. The van der Waals surface area contributed by atoms with Crippen LogP contribution in [0.25, 0.3) is 0 Å². The molecule has 0 heterocycles. The Kier molecular flexibility index (Phi) is 5.93. The SMILES string of the molecule is C=C(OCC)OC(=O)C(C)(CC)CC(C)C(=O)OC1CC2CC1C1C3CCC(C3)C21.